The number of hydrogen-bond acceptors (Lipinski definition) is 4. The van der Waals surface area contributed by atoms with Crippen LogP contribution >= 0.6 is 0 Å². The van der Waals surface area contributed by atoms with Crippen molar-refractivity contribution >= 4 is 21.6 Å². The van der Waals surface area contributed by atoms with Crippen LogP contribution < -0.4 is 14.8 Å². The van der Waals surface area contributed by atoms with Crippen LogP contribution in [0.2, 0.25) is 0 Å². The van der Waals surface area contributed by atoms with E-state index in [2.05, 4.69) is 23.9 Å². The van der Waals surface area contributed by atoms with Crippen LogP contribution in [0.15, 0.2) is 53.4 Å². The monoisotopic (exact) mass is 404 g/mol. The zero-order valence-corrected chi connectivity index (χ0v) is 17.8. The summed E-state index contributed by atoms with van der Waals surface area (Å²) in [7, 11) is -3.60. The predicted molar refractivity (Wildman–Crippen MR) is 111 cm³/mol. The van der Waals surface area contributed by atoms with Gasteiger partial charge in [-0.1, -0.05) is 26.0 Å². The molecule has 1 amide bonds. The highest BCUT2D eigenvalue weighted by Crippen LogP contribution is 2.19. The molecule has 7 heteroatoms. The van der Waals surface area contributed by atoms with Gasteiger partial charge >= 0.3 is 0 Å². The van der Waals surface area contributed by atoms with Gasteiger partial charge in [0.05, 0.1) is 4.90 Å². The van der Waals surface area contributed by atoms with Gasteiger partial charge in [0.15, 0.2) is 6.61 Å². The molecular formula is C21H28N2O4S. The normalized spacial score (nSPS) is 12.1. The molecule has 0 aromatic heterocycles. The van der Waals surface area contributed by atoms with E-state index in [0.717, 1.165) is 0 Å². The number of carbonyl (C=O) groups is 1. The lowest BCUT2D eigenvalue weighted by atomic mass is 10.0. The van der Waals surface area contributed by atoms with Crippen molar-refractivity contribution < 1.29 is 17.9 Å². The van der Waals surface area contributed by atoms with Crippen LogP contribution in [0, 0.1) is 0 Å². The van der Waals surface area contributed by atoms with E-state index in [9.17, 15) is 13.2 Å². The molecule has 0 saturated heterocycles. The van der Waals surface area contributed by atoms with E-state index >= 15 is 0 Å². The van der Waals surface area contributed by atoms with Gasteiger partial charge < -0.3 is 10.1 Å². The summed E-state index contributed by atoms with van der Waals surface area (Å²) in [6, 6.07) is 13.6. The largest absolute Gasteiger partial charge is 0.484 e. The SMILES string of the molecule is CC(C)c1ccc(NC(=O)COc2ccc(S(=O)(=O)NC(C)(C)C)cc2)cc1. The van der Waals surface area contributed by atoms with Crippen molar-refractivity contribution in [1.29, 1.82) is 0 Å². The Bertz CT molecular complexity index is 897. The maximum Gasteiger partial charge on any atom is 0.262 e. The fourth-order valence-corrected chi connectivity index (χ4v) is 3.89. The summed E-state index contributed by atoms with van der Waals surface area (Å²) in [5.41, 5.74) is 1.33. The molecule has 0 radical (unpaired) electrons. The Morgan fingerprint density at radius 3 is 2.07 bits per heavy atom. The molecule has 0 aliphatic rings. The third-order valence-electron chi connectivity index (χ3n) is 3.81. The Kier molecular flexibility index (Phi) is 6.85. The van der Waals surface area contributed by atoms with E-state index in [1.165, 1.54) is 29.8 Å². The van der Waals surface area contributed by atoms with Crippen molar-refractivity contribution in [2.45, 2.75) is 51.0 Å². The Balaban J connectivity index is 1.91. The molecule has 6 nitrogen and oxygen atoms in total. The van der Waals surface area contributed by atoms with Crippen LogP contribution in [-0.4, -0.2) is 26.5 Å². The number of hydrogen-bond donors (Lipinski definition) is 2. The lowest BCUT2D eigenvalue weighted by Crippen LogP contribution is -2.40. The van der Waals surface area contributed by atoms with E-state index in [1.807, 2.05) is 24.3 Å². The number of nitrogens with one attached hydrogen (secondary N) is 2. The Morgan fingerprint density at radius 1 is 1.00 bits per heavy atom. The minimum Gasteiger partial charge on any atom is -0.484 e. The van der Waals surface area contributed by atoms with Gasteiger partial charge in [0.25, 0.3) is 5.91 Å². The first-order valence-electron chi connectivity index (χ1n) is 9.13. The quantitative estimate of drug-likeness (QED) is 0.733. The van der Waals surface area contributed by atoms with Crippen LogP contribution in [0.3, 0.4) is 0 Å². The standard InChI is InChI=1S/C21H28N2O4S/c1-15(2)16-6-8-17(9-7-16)22-20(24)14-27-18-10-12-19(13-11-18)28(25,26)23-21(3,4)5/h6-13,15,23H,14H2,1-5H3,(H,22,24). The van der Waals surface area contributed by atoms with Gasteiger partial charge in [-0.2, -0.15) is 0 Å². The average Bonchev–Trinajstić information content (AvgIpc) is 2.59. The molecule has 2 rings (SSSR count). The summed E-state index contributed by atoms with van der Waals surface area (Å²) < 4.78 is 32.6. The van der Waals surface area contributed by atoms with Crippen molar-refractivity contribution in [3.8, 4) is 5.75 Å². The van der Waals surface area contributed by atoms with Crippen LogP contribution in [0.25, 0.3) is 0 Å². The highest BCUT2D eigenvalue weighted by molar-refractivity contribution is 7.89. The number of ether oxygens (including phenoxy) is 1. The number of carbonyl (C=O) groups excluding carboxylic acids is 1. The second-order valence-electron chi connectivity index (χ2n) is 7.94. The molecule has 0 heterocycles. The minimum atomic E-state index is -3.60. The third kappa shape index (κ3) is 6.65. The molecule has 2 aromatic rings. The fraction of sp³-hybridized carbons (Fsp3) is 0.381. The van der Waals surface area contributed by atoms with Gasteiger partial charge in [-0.05, 0) is 68.7 Å². The Labute approximate surface area is 167 Å². The summed E-state index contributed by atoms with van der Waals surface area (Å²) >= 11 is 0. The molecule has 2 aromatic carbocycles. The number of rotatable bonds is 7. The van der Waals surface area contributed by atoms with E-state index in [1.54, 1.807) is 20.8 Å². The summed E-state index contributed by atoms with van der Waals surface area (Å²) in [4.78, 5) is 12.2. The van der Waals surface area contributed by atoms with Gasteiger partial charge in [0, 0.05) is 11.2 Å². The lowest BCUT2D eigenvalue weighted by Gasteiger charge is -2.20. The van der Waals surface area contributed by atoms with Crippen molar-refractivity contribution in [2.75, 3.05) is 11.9 Å². The van der Waals surface area contributed by atoms with Crippen molar-refractivity contribution in [3.05, 3.63) is 54.1 Å². The summed E-state index contributed by atoms with van der Waals surface area (Å²) in [6.07, 6.45) is 0. The molecule has 28 heavy (non-hydrogen) atoms. The molecule has 2 N–H and O–H groups in total. The molecule has 0 aliphatic heterocycles. The van der Waals surface area contributed by atoms with E-state index in [0.29, 0.717) is 17.4 Å². The molecule has 0 aliphatic carbocycles. The first-order valence-corrected chi connectivity index (χ1v) is 10.6. The second kappa shape index (κ2) is 8.75. The number of anilines is 1. The van der Waals surface area contributed by atoms with Gasteiger partial charge in [-0.25, -0.2) is 13.1 Å². The fourth-order valence-electron chi connectivity index (χ4n) is 2.47. The summed E-state index contributed by atoms with van der Waals surface area (Å²) in [5.74, 6) is 0.557. The van der Waals surface area contributed by atoms with Gasteiger partial charge in [-0.3, -0.25) is 4.79 Å². The minimum absolute atomic E-state index is 0.143. The molecule has 0 fully saturated rings. The zero-order chi connectivity index (χ0) is 20.9. The van der Waals surface area contributed by atoms with E-state index in [-0.39, 0.29) is 17.4 Å². The lowest BCUT2D eigenvalue weighted by molar-refractivity contribution is -0.118. The molecular weight excluding hydrogens is 376 g/mol. The Morgan fingerprint density at radius 2 is 1.57 bits per heavy atom. The van der Waals surface area contributed by atoms with Crippen LogP contribution in [-0.2, 0) is 14.8 Å². The number of sulfonamides is 1. The maximum absolute atomic E-state index is 12.3. The Hall–Kier alpha value is -2.38. The molecule has 0 spiro atoms. The highest BCUT2D eigenvalue weighted by Gasteiger charge is 2.21. The highest BCUT2D eigenvalue weighted by atomic mass is 32.2. The molecule has 0 saturated carbocycles. The average molecular weight is 405 g/mol. The van der Waals surface area contributed by atoms with E-state index < -0.39 is 15.6 Å². The molecule has 0 unspecified atom stereocenters. The first-order chi connectivity index (χ1) is 13.0. The first kappa shape index (κ1) is 21.9. The summed E-state index contributed by atoms with van der Waals surface area (Å²) in [5, 5.41) is 2.77. The van der Waals surface area contributed by atoms with Crippen LogP contribution in [0.1, 0.15) is 46.1 Å². The second-order valence-corrected chi connectivity index (χ2v) is 9.62. The van der Waals surface area contributed by atoms with E-state index in [4.69, 9.17) is 4.74 Å². The van der Waals surface area contributed by atoms with Gasteiger partial charge in [0.2, 0.25) is 10.0 Å². The number of amides is 1. The van der Waals surface area contributed by atoms with Crippen LogP contribution in [0.4, 0.5) is 5.69 Å². The molecule has 152 valence electrons. The maximum atomic E-state index is 12.3. The molecule has 0 atom stereocenters. The number of benzene rings is 2. The molecule has 0 bridgehead atoms. The summed E-state index contributed by atoms with van der Waals surface area (Å²) in [6.45, 7) is 9.37. The van der Waals surface area contributed by atoms with Gasteiger partial charge in [0.1, 0.15) is 5.75 Å². The van der Waals surface area contributed by atoms with Crippen molar-refractivity contribution in [1.82, 2.24) is 4.72 Å². The van der Waals surface area contributed by atoms with Crippen molar-refractivity contribution in [2.24, 2.45) is 0 Å². The van der Waals surface area contributed by atoms with Crippen molar-refractivity contribution in [3.63, 3.8) is 0 Å². The van der Waals surface area contributed by atoms with Gasteiger partial charge in [-0.15, -0.1) is 0 Å². The third-order valence-corrected chi connectivity index (χ3v) is 5.58. The predicted octanol–water partition coefficient (Wildman–Crippen LogP) is 3.90. The smallest absolute Gasteiger partial charge is 0.262 e. The van der Waals surface area contributed by atoms with Crippen LogP contribution in [0.5, 0.6) is 5.75 Å². The zero-order valence-electron chi connectivity index (χ0n) is 16.9. The topological polar surface area (TPSA) is 84.5 Å².